The SMILES string of the molecule is CC(C)CCCCCCCCCC(O)C(CC=O)(C(=O)O)c1ccc(Br)cc1. The van der Waals surface area contributed by atoms with Crippen molar-refractivity contribution in [3.63, 3.8) is 0 Å². The number of aldehydes is 1. The first kappa shape index (κ1) is 24.8. The van der Waals surface area contributed by atoms with Gasteiger partial charge >= 0.3 is 5.97 Å². The average molecular weight is 455 g/mol. The van der Waals surface area contributed by atoms with E-state index in [2.05, 4.69) is 29.8 Å². The third-order valence-corrected chi connectivity index (χ3v) is 6.00. The van der Waals surface area contributed by atoms with Crippen LogP contribution in [0.1, 0.15) is 83.6 Å². The molecule has 0 aliphatic carbocycles. The van der Waals surface area contributed by atoms with E-state index in [0.717, 1.165) is 29.7 Å². The number of carboxylic acid groups (broad SMARTS) is 1. The Morgan fingerprint density at radius 1 is 1.00 bits per heavy atom. The normalized spacial score (nSPS) is 14.6. The topological polar surface area (TPSA) is 74.6 Å². The summed E-state index contributed by atoms with van der Waals surface area (Å²) in [4.78, 5) is 23.3. The van der Waals surface area contributed by atoms with E-state index in [1.54, 1.807) is 24.3 Å². The molecule has 4 nitrogen and oxygen atoms in total. The molecule has 28 heavy (non-hydrogen) atoms. The number of hydrogen-bond donors (Lipinski definition) is 2. The molecule has 1 aromatic carbocycles. The van der Waals surface area contributed by atoms with Crippen LogP contribution in [0.25, 0.3) is 0 Å². The smallest absolute Gasteiger partial charge is 0.317 e. The molecule has 0 saturated carbocycles. The molecule has 2 N–H and O–H groups in total. The highest BCUT2D eigenvalue weighted by atomic mass is 79.9. The Morgan fingerprint density at radius 3 is 1.96 bits per heavy atom. The van der Waals surface area contributed by atoms with Gasteiger partial charge in [-0.25, -0.2) is 0 Å². The maximum absolute atomic E-state index is 12.1. The molecule has 0 fully saturated rings. The first-order valence-electron chi connectivity index (χ1n) is 10.5. The summed E-state index contributed by atoms with van der Waals surface area (Å²) in [7, 11) is 0. The highest BCUT2D eigenvalue weighted by molar-refractivity contribution is 9.10. The second kappa shape index (κ2) is 13.1. The minimum atomic E-state index is -1.58. The number of carbonyl (C=O) groups excluding carboxylic acids is 1. The lowest BCUT2D eigenvalue weighted by atomic mass is 9.72. The van der Waals surface area contributed by atoms with Gasteiger partial charge < -0.3 is 15.0 Å². The summed E-state index contributed by atoms with van der Waals surface area (Å²) in [5, 5.41) is 20.6. The maximum Gasteiger partial charge on any atom is 0.317 e. The first-order valence-corrected chi connectivity index (χ1v) is 11.2. The van der Waals surface area contributed by atoms with E-state index in [9.17, 15) is 19.8 Å². The summed E-state index contributed by atoms with van der Waals surface area (Å²) < 4.78 is 0.824. The number of aliphatic hydroxyl groups excluding tert-OH is 1. The quantitative estimate of drug-likeness (QED) is 0.256. The lowest BCUT2D eigenvalue weighted by Crippen LogP contribution is -2.47. The van der Waals surface area contributed by atoms with Crippen molar-refractivity contribution >= 4 is 28.2 Å². The predicted octanol–water partition coefficient (Wildman–Crippen LogP) is 5.89. The van der Waals surface area contributed by atoms with Crippen molar-refractivity contribution in [3.8, 4) is 0 Å². The third-order valence-electron chi connectivity index (χ3n) is 5.47. The van der Waals surface area contributed by atoms with Crippen LogP contribution in [0.4, 0.5) is 0 Å². The molecule has 158 valence electrons. The van der Waals surface area contributed by atoms with Crippen LogP contribution in [0.2, 0.25) is 0 Å². The molecule has 2 atom stereocenters. The Bertz CT molecular complexity index is 585. The lowest BCUT2D eigenvalue weighted by Gasteiger charge is -2.33. The zero-order valence-corrected chi connectivity index (χ0v) is 18.8. The molecule has 0 aliphatic rings. The maximum atomic E-state index is 12.1. The van der Waals surface area contributed by atoms with Crippen LogP contribution in [0.3, 0.4) is 0 Å². The third kappa shape index (κ3) is 7.67. The Balaban J connectivity index is 2.54. The van der Waals surface area contributed by atoms with Gasteiger partial charge in [-0.15, -0.1) is 0 Å². The zero-order chi connectivity index (χ0) is 21.0. The Hall–Kier alpha value is -1.20. The van der Waals surface area contributed by atoms with Crippen LogP contribution >= 0.6 is 15.9 Å². The number of aliphatic hydroxyl groups is 1. The van der Waals surface area contributed by atoms with Gasteiger partial charge in [-0.05, 0) is 30.0 Å². The molecule has 0 bridgehead atoms. The fourth-order valence-corrected chi connectivity index (χ4v) is 3.96. The second-order valence-corrected chi connectivity index (χ2v) is 9.03. The Morgan fingerprint density at radius 2 is 1.50 bits per heavy atom. The van der Waals surface area contributed by atoms with Crippen molar-refractivity contribution in [2.45, 2.75) is 89.6 Å². The van der Waals surface area contributed by atoms with E-state index in [1.807, 2.05) is 0 Å². The molecule has 0 heterocycles. The van der Waals surface area contributed by atoms with Gasteiger partial charge in [-0.1, -0.05) is 93.3 Å². The van der Waals surface area contributed by atoms with Crippen LogP contribution in [0.15, 0.2) is 28.7 Å². The van der Waals surface area contributed by atoms with Crippen molar-refractivity contribution in [2.75, 3.05) is 0 Å². The van der Waals surface area contributed by atoms with E-state index >= 15 is 0 Å². The molecule has 0 spiro atoms. The molecule has 0 aromatic heterocycles. The summed E-state index contributed by atoms with van der Waals surface area (Å²) in [6.07, 6.45) is 8.73. The van der Waals surface area contributed by atoms with Crippen LogP contribution in [-0.4, -0.2) is 28.6 Å². The molecule has 2 unspecified atom stereocenters. The molecule has 0 saturated heterocycles. The summed E-state index contributed by atoms with van der Waals surface area (Å²) in [6.45, 7) is 4.50. The van der Waals surface area contributed by atoms with E-state index in [-0.39, 0.29) is 6.42 Å². The minimum absolute atomic E-state index is 0.235. The molecule has 0 radical (unpaired) electrons. The molecule has 1 rings (SSSR count). The van der Waals surface area contributed by atoms with Crippen molar-refractivity contribution in [1.82, 2.24) is 0 Å². The van der Waals surface area contributed by atoms with E-state index < -0.39 is 17.5 Å². The number of carbonyl (C=O) groups is 2. The number of carboxylic acids is 1. The van der Waals surface area contributed by atoms with Crippen molar-refractivity contribution in [1.29, 1.82) is 0 Å². The molecule has 0 amide bonds. The average Bonchev–Trinajstić information content (AvgIpc) is 2.64. The Kier molecular flexibility index (Phi) is 11.6. The van der Waals surface area contributed by atoms with Gasteiger partial charge in [0.15, 0.2) is 0 Å². The van der Waals surface area contributed by atoms with Crippen molar-refractivity contribution in [3.05, 3.63) is 34.3 Å². The summed E-state index contributed by atoms with van der Waals surface area (Å²) in [6, 6.07) is 6.82. The molecule has 0 aliphatic heterocycles. The lowest BCUT2D eigenvalue weighted by molar-refractivity contribution is -0.150. The van der Waals surface area contributed by atoms with Gasteiger partial charge in [0, 0.05) is 10.9 Å². The van der Waals surface area contributed by atoms with Gasteiger partial charge in [0.1, 0.15) is 11.7 Å². The van der Waals surface area contributed by atoms with E-state index in [1.165, 1.54) is 32.1 Å². The highest BCUT2D eigenvalue weighted by Gasteiger charge is 2.46. The van der Waals surface area contributed by atoms with Crippen molar-refractivity contribution < 1.29 is 19.8 Å². The molecule has 5 heteroatoms. The molecular weight excluding hydrogens is 420 g/mol. The van der Waals surface area contributed by atoms with Gasteiger partial charge in [0.25, 0.3) is 0 Å². The van der Waals surface area contributed by atoms with E-state index in [4.69, 9.17) is 0 Å². The van der Waals surface area contributed by atoms with Crippen LogP contribution in [-0.2, 0) is 15.0 Å². The fourth-order valence-electron chi connectivity index (χ4n) is 3.70. The predicted molar refractivity (Wildman–Crippen MR) is 117 cm³/mol. The minimum Gasteiger partial charge on any atom is -0.480 e. The highest BCUT2D eigenvalue weighted by Crippen LogP contribution is 2.35. The molecule has 1 aromatic rings. The molecular formula is C23H35BrO4. The number of unbranched alkanes of at least 4 members (excludes halogenated alkanes) is 6. The van der Waals surface area contributed by atoms with Gasteiger partial charge in [-0.2, -0.15) is 0 Å². The largest absolute Gasteiger partial charge is 0.480 e. The van der Waals surface area contributed by atoms with Crippen molar-refractivity contribution in [2.24, 2.45) is 5.92 Å². The van der Waals surface area contributed by atoms with Crippen LogP contribution in [0.5, 0.6) is 0 Å². The van der Waals surface area contributed by atoms with Crippen LogP contribution in [0, 0.1) is 5.92 Å². The van der Waals surface area contributed by atoms with E-state index in [0.29, 0.717) is 18.3 Å². The number of benzene rings is 1. The van der Waals surface area contributed by atoms with Gasteiger partial charge in [-0.3, -0.25) is 4.79 Å². The summed E-state index contributed by atoms with van der Waals surface area (Å²) >= 11 is 3.33. The number of halogens is 1. The number of rotatable bonds is 15. The zero-order valence-electron chi connectivity index (χ0n) is 17.2. The second-order valence-electron chi connectivity index (χ2n) is 8.12. The van der Waals surface area contributed by atoms with Gasteiger partial charge in [0.05, 0.1) is 6.10 Å². The number of aliphatic carboxylic acids is 1. The summed E-state index contributed by atoms with van der Waals surface area (Å²) in [5.74, 6) is -0.382. The monoisotopic (exact) mass is 454 g/mol. The fraction of sp³-hybridized carbons (Fsp3) is 0.652. The van der Waals surface area contributed by atoms with Crippen LogP contribution < -0.4 is 0 Å². The van der Waals surface area contributed by atoms with Gasteiger partial charge in [0.2, 0.25) is 0 Å². The number of hydrogen-bond acceptors (Lipinski definition) is 3. The standard InChI is InChI=1S/C23H35BrO4/c1-18(2)10-8-6-4-3-5-7-9-11-21(26)23(16-17-25,22(27)28)19-12-14-20(24)15-13-19/h12-15,17-18,21,26H,3-11,16H2,1-2H3,(H,27,28). The summed E-state index contributed by atoms with van der Waals surface area (Å²) in [5.41, 5.74) is -1.12. The Labute approximate surface area is 177 Å². The first-order chi connectivity index (χ1) is 13.3.